The number of nitrogens with one attached hydrogen (secondary N) is 1. The lowest BCUT2D eigenvalue weighted by molar-refractivity contribution is -0.144. The molecule has 5 heteroatoms. The van der Waals surface area contributed by atoms with Gasteiger partial charge in [-0.1, -0.05) is 19.3 Å². The molecule has 0 saturated heterocycles. The predicted molar refractivity (Wildman–Crippen MR) is 79.2 cm³/mol. The molecule has 1 atom stereocenters. The normalized spacial score (nSPS) is 12.8. The Hall–Kier alpha value is -2.48. The summed E-state index contributed by atoms with van der Waals surface area (Å²) in [5.41, 5.74) is -0.906. The predicted octanol–water partition coefficient (Wildman–Crippen LogP) is 2.07. The number of carbonyl (C=O) groups is 2. The van der Waals surface area contributed by atoms with E-state index in [9.17, 15) is 14.7 Å². The van der Waals surface area contributed by atoms with Crippen molar-refractivity contribution < 1.29 is 19.4 Å². The number of amides is 1. The zero-order chi connectivity index (χ0) is 15.9. The molecule has 1 unspecified atom stereocenters. The third-order valence-corrected chi connectivity index (χ3v) is 3.05. The number of hydrogen-bond acceptors (Lipinski definition) is 3. The minimum absolute atomic E-state index is 0.152. The van der Waals surface area contributed by atoms with E-state index in [2.05, 4.69) is 11.2 Å². The van der Waals surface area contributed by atoms with Crippen molar-refractivity contribution in [3.05, 3.63) is 29.8 Å². The molecule has 0 bridgehead atoms. The Labute approximate surface area is 124 Å². The fraction of sp³-hybridized carbons (Fsp3) is 0.375. The average molecular weight is 289 g/mol. The van der Waals surface area contributed by atoms with Gasteiger partial charge in [0, 0.05) is 5.56 Å². The molecular weight excluding hydrogens is 270 g/mol. The molecule has 1 aromatic carbocycles. The summed E-state index contributed by atoms with van der Waals surface area (Å²) in [6.45, 7) is 3.52. The van der Waals surface area contributed by atoms with E-state index >= 15 is 0 Å². The fourth-order valence-electron chi connectivity index (χ4n) is 1.87. The lowest BCUT2D eigenvalue weighted by atomic mass is 9.96. The zero-order valence-corrected chi connectivity index (χ0v) is 12.2. The van der Waals surface area contributed by atoms with Crippen LogP contribution in [0.3, 0.4) is 0 Å². The van der Waals surface area contributed by atoms with E-state index < -0.39 is 17.4 Å². The maximum atomic E-state index is 12.1. The first-order valence-electron chi connectivity index (χ1n) is 6.65. The van der Waals surface area contributed by atoms with E-state index in [1.807, 2.05) is 6.92 Å². The first-order valence-corrected chi connectivity index (χ1v) is 6.65. The van der Waals surface area contributed by atoms with Crippen molar-refractivity contribution in [3.8, 4) is 18.1 Å². The lowest BCUT2D eigenvalue weighted by Gasteiger charge is -2.25. The number of hydrogen-bond donors (Lipinski definition) is 2. The second kappa shape index (κ2) is 7.34. The highest BCUT2D eigenvalue weighted by atomic mass is 16.5. The zero-order valence-electron chi connectivity index (χ0n) is 12.2. The molecule has 0 aliphatic carbocycles. The molecule has 112 valence electrons. The van der Waals surface area contributed by atoms with Crippen molar-refractivity contribution in [1.29, 1.82) is 0 Å². The van der Waals surface area contributed by atoms with Crippen molar-refractivity contribution in [2.45, 2.75) is 32.2 Å². The van der Waals surface area contributed by atoms with E-state index in [0.717, 1.165) is 0 Å². The van der Waals surface area contributed by atoms with Crippen molar-refractivity contribution in [2.75, 3.05) is 6.61 Å². The maximum Gasteiger partial charge on any atom is 0.329 e. The van der Waals surface area contributed by atoms with Crippen LogP contribution in [-0.2, 0) is 4.79 Å². The molecule has 21 heavy (non-hydrogen) atoms. The van der Waals surface area contributed by atoms with Crippen molar-refractivity contribution >= 4 is 11.9 Å². The molecule has 1 aromatic rings. The summed E-state index contributed by atoms with van der Waals surface area (Å²) in [7, 11) is 0. The van der Waals surface area contributed by atoms with Crippen LogP contribution in [0.2, 0.25) is 0 Å². The molecule has 0 spiro atoms. The number of ether oxygens (including phenoxy) is 1. The average Bonchev–Trinajstić information content (AvgIpc) is 2.45. The number of benzene rings is 1. The molecule has 2 N–H and O–H groups in total. The Morgan fingerprint density at radius 1 is 1.38 bits per heavy atom. The van der Waals surface area contributed by atoms with Crippen molar-refractivity contribution in [2.24, 2.45) is 0 Å². The van der Waals surface area contributed by atoms with Crippen LogP contribution in [-0.4, -0.2) is 29.1 Å². The number of carboxylic acid groups (broad SMARTS) is 1. The Morgan fingerprint density at radius 2 is 2.00 bits per heavy atom. The number of aliphatic carboxylic acids is 1. The highest BCUT2D eigenvalue weighted by molar-refractivity contribution is 5.97. The highest BCUT2D eigenvalue weighted by Gasteiger charge is 2.33. The Kier molecular flexibility index (Phi) is 5.79. The monoisotopic (exact) mass is 289 g/mol. The Bertz CT molecular complexity index is 544. The van der Waals surface area contributed by atoms with Crippen LogP contribution in [0.5, 0.6) is 5.75 Å². The summed E-state index contributed by atoms with van der Waals surface area (Å²) >= 11 is 0. The van der Waals surface area contributed by atoms with Crippen LogP contribution in [0.1, 0.15) is 37.0 Å². The fourth-order valence-corrected chi connectivity index (χ4v) is 1.87. The summed E-state index contributed by atoms with van der Waals surface area (Å²) < 4.78 is 5.21. The van der Waals surface area contributed by atoms with Crippen LogP contribution in [0.15, 0.2) is 24.3 Å². The second-order valence-electron chi connectivity index (χ2n) is 4.86. The summed E-state index contributed by atoms with van der Waals surface area (Å²) in [5.74, 6) is 1.42. The van der Waals surface area contributed by atoms with Gasteiger partial charge in [-0.3, -0.25) is 4.79 Å². The molecule has 1 rings (SSSR count). The largest absolute Gasteiger partial charge is 0.481 e. The molecule has 1 amide bonds. The molecule has 0 aromatic heterocycles. The minimum atomic E-state index is -1.27. The van der Waals surface area contributed by atoms with E-state index in [-0.39, 0.29) is 6.61 Å². The smallest absolute Gasteiger partial charge is 0.329 e. The molecule has 0 aliphatic heterocycles. The molecular formula is C16H19NO4. The SMILES string of the molecule is C#CCOc1ccc(C(=O)NC(C)(CCC)C(=O)O)cc1. The van der Waals surface area contributed by atoms with Gasteiger partial charge < -0.3 is 15.2 Å². The third-order valence-electron chi connectivity index (χ3n) is 3.05. The van der Waals surface area contributed by atoms with Crippen LogP contribution in [0.25, 0.3) is 0 Å². The summed E-state index contributed by atoms with van der Waals surface area (Å²) in [4.78, 5) is 23.4. The molecule has 0 fully saturated rings. The molecule has 0 aliphatic rings. The van der Waals surface area contributed by atoms with Gasteiger partial charge in [0.1, 0.15) is 17.9 Å². The molecule has 0 radical (unpaired) electrons. The topological polar surface area (TPSA) is 75.6 Å². The number of rotatable bonds is 7. The van der Waals surface area contributed by atoms with E-state index in [1.165, 1.54) is 6.92 Å². The Morgan fingerprint density at radius 3 is 2.48 bits per heavy atom. The van der Waals surface area contributed by atoms with Gasteiger partial charge in [0.2, 0.25) is 0 Å². The Balaban J connectivity index is 2.79. The van der Waals surface area contributed by atoms with Gasteiger partial charge in [-0.15, -0.1) is 6.42 Å². The van der Waals surface area contributed by atoms with Gasteiger partial charge in [0.25, 0.3) is 5.91 Å². The van der Waals surface area contributed by atoms with E-state index in [4.69, 9.17) is 11.2 Å². The van der Waals surface area contributed by atoms with Gasteiger partial charge >= 0.3 is 5.97 Å². The third kappa shape index (κ3) is 4.53. The maximum absolute atomic E-state index is 12.1. The minimum Gasteiger partial charge on any atom is -0.481 e. The first-order chi connectivity index (χ1) is 9.92. The first kappa shape index (κ1) is 16.6. The van der Waals surface area contributed by atoms with Gasteiger partial charge in [-0.2, -0.15) is 0 Å². The lowest BCUT2D eigenvalue weighted by Crippen LogP contribution is -2.52. The van der Waals surface area contributed by atoms with Gasteiger partial charge in [-0.05, 0) is 37.6 Å². The van der Waals surface area contributed by atoms with Gasteiger partial charge in [0.15, 0.2) is 0 Å². The van der Waals surface area contributed by atoms with Gasteiger partial charge in [-0.25, -0.2) is 4.79 Å². The van der Waals surface area contributed by atoms with Crippen molar-refractivity contribution in [1.82, 2.24) is 5.32 Å². The summed E-state index contributed by atoms with van der Waals surface area (Å²) in [6.07, 6.45) is 6.10. The van der Waals surface area contributed by atoms with Crippen LogP contribution in [0.4, 0.5) is 0 Å². The van der Waals surface area contributed by atoms with Crippen molar-refractivity contribution in [3.63, 3.8) is 0 Å². The second-order valence-corrected chi connectivity index (χ2v) is 4.86. The molecule has 0 heterocycles. The number of carbonyl (C=O) groups excluding carboxylic acids is 1. The van der Waals surface area contributed by atoms with E-state index in [0.29, 0.717) is 24.2 Å². The van der Waals surface area contributed by atoms with Gasteiger partial charge in [0.05, 0.1) is 0 Å². The quantitative estimate of drug-likeness (QED) is 0.753. The summed E-state index contributed by atoms with van der Waals surface area (Å²) in [5, 5.41) is 11.8. The van der Waals surface area contributed by atoms with Crippen LogP contribution < -0.4 is 10.1 Å². The molecule has 0 saturated carbocycles. The standard InChI is InChI=1S/C16H19NO4/c1-4-10-16(3,15(19)20)17-14(18)12-6-8-13(9-7-12)21-11-5-2/h2,6-9H,4,10-11H2,1,3H3,(H,17,18)(H,19,20). The van der Waals surface area contributed by atoms with Crippen LogP contribution in [0, 0.1) is 12.3 Å². The van der Waals surface area contributed by atoms with E-state index in [1.54, 1.807) is 24.3 Å². The summed E-state index contributed by atoms with van der Waals surface area (Å²) in [6, 6.07) is 6.36. The number of carboxylic acids is 1. The highest BCUT2D eigenvalue weighted by Crippen LogP contribution is 2.16. The number of terminal acetylenes is 1. The molecule has 5 nitrogen and oxygen atoms in total. The van der Waals surface area contributed by atoms with Crippen LogP contribution >= 0.6 is 0 Å².